The molecule has 0 saturated heterocycles. The summed E-state index contributed by atoms with van der Waals surface area (Å²) in [6.45, 7) is 0.599. The second-order valence-electron chi connectivity index (χ2n) is 3.34. The van der Waals surface area contributed by atoms with Crippen LogP contribution in [-0.4, -0.2) is 25.9 Å². The van der Waals surface area contributed by atoms with E-state index in [9.17, 15) is 0 Å². The van der Waals surface area contributed by atoms with Crippen molar-refractivity contribution in [3.63, 3.8) is 0 Å². The zero-order valence-electron chi connectivity index (χ0n) is 8.45. The molecule has 2 rings (SSSR count). The molecule has 0 fully saturated rings. The number of anilines is 1. The fourth-order valence-electron chi connectivity index (χ4n) is 1.64. The van der Waals surface area contributed by atoms with E-state index in [-0.39, 0.29) is 0 Å². The molecule has 1 heterocycles. The van der Waals surface area contributed by atoms with Gasteiger partial charge in [-0.25, -0.2) is 0 Å². The van der Waals surface area contributed by atoms with E-state index in [2.05, 4.69) is 22.0 Å². The number of fused-ring (bicyclic) bond motifs is 1. The third kappa shape index (κ3) is 1.46. The average Bonchev–Trinajstić information content (AvgIpc) is 2.61. The second-order valence-corrected chi connectivity index (χ2v) is 3.34. The van der Waals surface area contributed by atoms with Gasteiger partial charge < -0.3 is 14.6 Å². The first kappa shape index (κ1) is 9.09. The van der Waals surface area contributed by atoms with E-state index < -0.39 is 0 Å². The van der Waals surface area contributed by atoms with Gasteiger partial charge in [-0.3, -0.25) is 0 Å². The quantitative estimate of drug-likeness (QED) is 0.751. The van der Waals surface area contributed by atoms with Crippen molar-refractivity contribution in [2.45, 2.75) is 0 Å². The summed E-state index contributed by atoms with van der Waals surface area (Å²) in [7, 11) is 3.71. The molecule has 0 aliphatic rings. The van der Waals surface area contributed by atoms with Gasteiger partial charge in [0.1, 0.15) is 6.73 Å². The standard InChI is InChI=1S/C11H14N2O/c1-13(8-14-2)11-7-12-10-6-4-3-5-9(10)11/h3-7,12H,8H2,1-2H3. The van der Waals surface area contributed by atoms with Gasteiger partial charge in [-0.2, -0.15) is 0 Å². The summed E-state index contributed by atoms with van der Waals surface area (Å²) in [5.41, 5.74) is 2.33. The maximum Gasteiger partial charge on any atom is 0.118 e. The Kier molecular flexibility index (Phi) is 2.41. The average molecular weight is 190 g/mol. The topological polar surface area (TPSA) is 28.3 Å². The number of nitrogens with zero attached hydrogens (tertiary/aromatic N) is 1. The lowest BCUT2D eigenvalue weighted by Crippen LogP contribution is -2.19. The van der Waals surface area contributed by atoms with Crippen LogP contribution in [0.3, 0.4) is 0 Å². The maximum absolute atomic E-state index is 5.09. The Labute approximate surface area is 83.3 Å². The molecule has 0 amide bonds. The smallest absolute Gasteiger partial charge is 0.118 e. The molecule has 74 valence electrons. The Morgan fingerprint density at radius 2 is 2.14 bits per heavy atom. The number of aromatic nitrogens is 1. The normalized spacial score (nSPS) is 10.7. The largest absolute Gasteiger partial charge is 0.364 e. The molecule has 1 N–H and O–H groups in total. The van der Waals surface area contributed by atoms with Gasteiger partial charge in [0, 0.05) is 31.3 Å². The number of aromatic amines is 1. The highest BCUT2D eigenvalue weighted by molar-refractivity contribution is 5.92. The van der Waals surface area contributed by atoms with Crippen LogP contribution in [-0.2, 0) is 4.74 Å². The van der Waals surface area contributed by atoms with Crippen LogP contribution in [0.25, 0.3) is 10.9 Å². The highest BCUT2D eigenvalue weighted by Crippen LogP contribution is 2.25. The number of para-hydroxylation sites is 1. The number of rotatable bonds is 3. The molecule has 0 saturated carbocycles. The summed E-state index contributed by atoms with van der Waals surface area (Å²) in [6, 6.07) is 8.24. The molecule has 1 aromatic carbocycles. The van der Waals surface area contributed by atoms with E-state index in [1.807, 2.05) is 25.4 Å². The van der Waals surface area contributed by atoms with Crippen LogP contribution in [0.1, 0.15) is 0 Å². The molecule has 14 heavy (non-hydrogen) atoms. The minimum Gasteiger partial charge on any atom is -0.364 e. The lowest BCUT2D eigenvalue weighted by Gasteiger charge is -2.16. The second kappa shape index (κ2) is 3.72. The van der Waals surface area contributed by atoms with Crippen LogP contribution >= 0.6 is 0 Å². The van der Waals surface area contributed by atoms with E-state index in [1.165, 1.54) is 11.1 Å². The van der Waals surface area contributed by atoms with Gasteiger partial charge in [0.2, 0.25) is 0 Å². The summed E-state index contributed by atoms with van der Waals surface area (Å²) in [6.07, 6.45) is 2.00. The van der Waals surface area contributed by atoms with Crippen LogP contribution in [0.2, 0.25) is 0 Å². The van der Waals surface area contributed by atoms with Gasteiger partial charge in [0.15, 0.2) is 0 Å². The van der Waals surface area contributed by atoms with Gasteiger partial charge >= 0.3 is 0 Å². The van der Waals surface area contributed by atoms with Crippen molar-refractivity contribution in [3.8, 4) is 0 Å². The Balaban J connectivity index is 2.42. The molecule has 0 atom stereocenters. The Morgan fingerprint density at radius 3 is 2.93 bits per heavy atom. The number of hydrogen-bond donors (Lipinski definition) is 1. The molecule has 0 unspecified atom stereocenters. The molecule has 0 radical (unpaired) electrons. The number of benzene rings is 1. The molecule has 0 spiro atoms. The Hall–Kier alpha value is -1.48. The Bertz CT molecular complexity index is 422. The first-order chi connectivity index (χ1) is 6.83. The number of hydrogen-bond acceptors (Lipinski definition) is 2. The van der Waals surface area contributed by atoms with E-state index in [4.69, 9.17) is 4.74 Å². The van der Waals surface area contributed by atoms with Gasteiger partial charge in [-0.15, -0.1) is 0 Å². The SMILES string of the molecule is COCN(C)c1c[nH]c2ccccc12. The molecule has 2 aromatic rings. The van der Waals surface area contributed by atoms with Crippen LogP contribution in [0.4, 0.5) is 5.69 Å². The molecule has 3 heteroatoms. The summed E-state index contributed by atoms with van der Waals surface area (Å²) in [5, 5.41) is 1.23. The van der Waals surface area contributed by atoms with E-state index in [1.54, 1.807) is 7.11 Å². The maximum atomic E-state index is 5.09. The molecule has 0 aliphatic carbocycles. The molecular weight excluding hydrogens is 176 g/mol. The highest BCUT2D eigenvalue weighted by atomic mass is 16.5. The molecule has 3 nitrogen and oxygen atoms in total. The van der Waals surface area contributed by atoms with Crippen LogP contribution in [0.5, 0.6) is 0 Å². The van der Waals surface area contributed by atoms with Crippen molar-refractivity contribution in [2.24, 2.45) is 0 Å². The summed E-state index contributed by atoms with van der Waals surface area (Å²) < 4.78 is 5.09. The van der Waals surface area contributed by atoms with Crippen molar-refractivity contribution in [2.75, 3.05) is 25.8 Å². The lowest BCUT2D eigenvalue weighted by molar-refractivity contribution is 0.202. The minimum atomic E-state index is 0.599. The lowest BCUT2D eigenvalue weighted by atomic mass is 10.2. The van der Waals surface area contributed by atoms with Crippen molar-refractivity contribution in [1.29, 1.82) is 0 Å². The first-order valence-electron chi connectivity index (χ1n) is 4.59. The number of H-pyrrole nitrogens is 1. The van der Waals surface area contributed by atoms with Crippen LogP contribution in [0.15, 0.2) is 30.5 Å². The summed E-state index contributed by atoms with van der Waals surface area (Å²) in [5.74, 6) is 0. The van der Waals surface area contributed by atoms with Crippen LogP contribution < -0.4 is 4.90 Å². The summed E-state index contributed by atoms with van der Waals surface area (Å²) >= 11 is 0. The van der Waals surface area contributed by atoms with Crippen molar-refractivity contribution in [3.05, 3.63) is 30.5 Å². The first-order valence-corrected chi connectivity index (χ1v) is 4.59. The number of nitrogens with one attached hydrogen (secondary N) is 1. The molecule has 0 bridgehead atoms. The fraction of sp³-hybridized carbons (Fsp3) is 0.273. The van der Waals surface area contributed by atoms with Gasteiger partial charge in [-0.05, 0) is 6.07 Å². The van der Waals surface area contributed by atoms with Crippen molar-refractivity contribution >= 4 is 16.6 Å². The van der Waals surface area contributed by atoms with Crippen molar-refractivity contribution < 1.29 is 4.74 Å². The predicted octanol–water partition coefficient (Wildman–Crippen LogP) is 2.21. The number of methoxy groups -OCH3 is 1. The number of ether oxygens (including phenoxy) is 1. The molecule has 0 aliphatic heterocycles. The van der Waals surface area contributed by atoms with Gasteiger partial charge in [0.05, 0.1) is 5.69 Å². The van der Waals surface area contributed by atoms with E-state index in [0.717, 1.165) is 5.52 Å². The fourth-order valence-corrected chi connectivity index (χ4v) is 1.64. The van der Waals surface area contributed by atoms with E-state index >= 15 is 0 Å². The zero-order valence-corrected chi connectivity index (χ0v) is 8.45. The monoisotopic (exact) mass is 190 g/mol. The minimum absolute atomic E-state index is 0.599. The van der Waals surface area contributed by atoms with Crippen molar-refractivity contribution in [1.82, 2.24) is 4.98 Å². The van der Waals surface area contributed by atoms with Gasteiger partial charge in [-0.1, -0.05) is 18.2 Å². The Morgan fingerprint density at radius 1 is 1.36 bits per heavy atom. The summed E-state index contributed by atoms with van der Waals surface area (Å²) in [4.78, 5) is 5.30. The van der Waals surface area contributed by atoms with Gasteiger partial charge in [0.25, 0.3) is 0 Å². The third-order valence-corrected chi connectivity index (χ3v) is 2.30. The van der Waals surface area contributed by atoms with Crippen LogP contribution in [0, 0.1) is 0 Å². The van der Waals surface area contributed by atoms with E-state index in [0.29, 0.717) is 6.73 Å². The third-order valence-electron chi connectivity index (χ3n) is 2.30. The molecule has 1 aromatic heterocycles. The highest BCUT2D eigenvalue weighted by Gasteiger charge is 2.06. The zero-order chi connectivity index (χ0) is 9.97. The molecular formula is C11H14N2O. The predicted molar refractivity (Wildman–Crippen MR) is 58.6 cm³/mol.